The number of nitrogens with zero attached hydrogens (tertiary/aromatic N) is 4. The molecule has 0 saturated heterocycles. The van der Waals surface area contributed by atoms with Crippen molar-refractivity contribution < 1.29 is 9.59 Å². The lowest BCUT2D eigenvalue weighted by molar-refractivity contribution is 0.0797. The first-order valence-corrected chi connectivity index (χ1v) is 19.8. The van der Waals surface area contributed by atoms with Crippen molar-refractivity contribution >= 4 is 39.4 Å². The fraction of sp³-hybridized carbons (Fsp3) is 0.0800. The fourth-order valence-electron chi connectivity index (χ4n) is 8.01. The van der Waals surface area contributed by atoms with Gasteiger partial charge in [-0.3, -0.25) is 29.4 Å². The largest absolute Gasteiger partial charge is 0.282 e. The standard InChI is InChI=1S/C50H37BrN4O2/c51-42-40(47-52-43(34-20-7-1-8-21-34)45(36-24-11-3-12-25-36)54(47)49(56)38-28-15-5-16-29-38)32-19-33-41(42)48-53-44(35-22-9-2-10-23-35)46(37-26-13-4-14-27-37)55(48)50(57)39-30-17-6-18-31-39/h1-33,43-46H/t43-,44-,45-,46-/m0/s1. The first-order chi connectivity index (χ1) is 28.1. The molecule has 2 aliphatic heterocycles. The van der Waals surface area contributed by atoms with Crippen LogP contribution < -0.4 is 0 Å². The van der Waals surface area contributed by atoms with Crippen LogP contribution in [0.15, 0.2) is 215 Å². The predicted octanol–water partition coefficient (Wildman–Crippen LogP) is 11.2. The van der Waals surface area contributed by atoms with Gasteiger partial charge in [0, 0.05) is 26.7 Å². The molecule has 6 nitrogen and oxygen atoms in total. The van der Waals surface area contributed by atoms with Crippen LogP contribution in [0.1, 0.15) is 78.3 Å². The van der Waals surface area contributed by atoms with Gasteiger partial charge in [0.1, 0.15) is 23.8 Å². The second-order valence-corrected chi connectivity index (χ2v) is 14.9. The van der Waals surface area contributed by atoms with Gasteiger partial charge in [0.15, 0.2) is 0 Å². The molecule has 0 saturated carbocycles. The lowest BCUT2D eigenvalue weighted by Gasteiger charge is -2.31. The number of rotatable bonds is 8. The average molecular weight is 806 g/mol. The highest BCUT2D eigenvalue weighted by atomic mass is 79.9. The van der Waals surface area contributed by atoms with Crippen molar-refractivity contribution in [3.8, 4) is 0 Å². The SMILES string of the molecule is O=C(c1ccccc1)N1C(c2cccc(C3=N[C@@H](c4ccccc4)[C@H](c4ccccc4)N3C(=O)c3ccccc3)c2Br)=N[C@@H](c2ccccc2)[C@@H]1c1ccccc1. The number of hydrogen-bond donors (Lipinski definition) is 0. The summed E-state index contributed by atoms with van der Waals surface area (Å²) in [5.41, 5.74) is 6.48. The summed E-state index contributed by atoms with van der Waals surface area (Å²) in [6.45, 7) is 0. The number of halogens is 1. The molecule has 0 unspecified atom stereocenters. The molecular weight excluding hydrogens is 768 g/mol. The van der Waals surface area contributed by atoms with E-state index in [1.165, 1.54) is 0 Å². The molecule has 0 N–H and O–H groups in total. The molecule has 2 aliphatic rings. The fourth-order valence-corrected chi connectivity index (χ4v) is 8.63. The summed E-state index contributed by atoms with van der Waals surface area (Å²) < 4.78 is 0.681. The zero-order chi connectivity index (χ0) is 38.7. The van der Waals surface area contributed by atoms with Gasteiger partial charge < -0.3 is 0 Å². The van der Waals surface area contributed by atoms with Crippen molar-refractivity contribution in [1.29, 1.82) is 0 Å². The molecule has 57 heavy (non-hydrogen) atoms. The Balaban J connectivity index is 1.24. The molecule has 0 spiro atoms. The van der Waals surface area contributed by atoms with Crippen molar-refractivity contribution in [3.05, 3.63) is 249 Å². The van der Waals surface area contributed by atoms with E-state index in [0.29, 0.717) is 38.4 Å². The van der Waals surface area contributed by atoms with Crippen molar-refractivity contribution in [2.75, 3.05) is 0 Å². The van der Waals surface area contributed by atoms with Gasteiger partial charge in [0.2, 0.25) is 0 Å². The maximum absolute atomic E-state index is 14.9. The van der Waals surface area contributed by atoms with Crippen molar-refractivity contribution in [1.82, 2.24) is 9.80 Å². The monoisotopic (exact) mass is 804 g/mol. The van der Waals surface area contributed by atoms with Gasteiger partial charge in [-0.2, -0.15) is 0 Å². The molecule has 9 rings (SSSR count). The van der Waals surface area contributed by atoms with Crippen LogP contribution in [-0.4, -0.2) is 33.3 Å². The Morgan fingerprint density at radius 2 is 0.684 bits per heavy atom. The van der Waals surface area contributed by atoms with Crippen molar-refractivity contribution in [3.63, 3.8) is 0 Å². The van der Waals surface area contributed by atoms with Crippen LogP contribution in [0.4, 0.5) is 0 Å². The van der Waals surface area contributed by atoms with Crippen LogP contribution >= 0.6 is 15.9 Å². The van der Waals surface area contributed by atoms with E-state index in [0.717, 1.165) is 22.3 Å². The Kier molecular flexibility index (Phi) is 9.97. The van der Waals surface area contributed by atoms with Gasteiger partial charge in [-0.1, -0.05) is 176 Å². The smallest absolute Gasteiger partial charge is 0.260 e. The third kappa shape index (κ3) is 6.81. The Labute approximate surface area is 340 Å². The van der Waals surface area contributed by atoms with Gasteiger partial charge in [-0.25, -0.2) is 0 Å². The number of benzene rings is 7. The molecule has 2 heterocycles. The van der Waals surface area contributed by atoms with E-state index in [-0.39, 0.29) is 11.8 Å². The first-order valence-electron chi connectivity index (χ1n) is 19.0. The zero-order valence-electron chi connectivity index (χ0n) is 30.8. The van der Waals surface area contributed by atoms with Gasteiger partial charge in [-0.05, 0) is 62.4 Å². The number of carbonyl (C=O) groups is 2. The number of amidine groups is 2. The molecule has 7 aromatic rings. The first kappa shape index (κ1) is 36.0. The number of amides is 2. The third-order valence-corrected chi connectivity index (χ3v) is 11.5. The Hall–Kier alpha value is -6.70. The molecule has 7 aromatic carbocycles. The highest BCUT2D eigenvalue weighted by Gasteiger charge is 2.45. The number of carbonyl (C=O) groups excluding carboxylic acids is 2. The van der Waals surface area contributed by atoms with E-state index in [2.05, 4.69) is 64.5 Å². The van der Waals surface area contributed by atoms with Crippen LogP contribution in [-0.2, 0) is 0 Å². The minimum Gasteiger partial charge on any atom is -0.282 e. The van der Waals surface area contributed by atoms with Gasteiger partial charge in [0.05, 0.1) is 12.1 Å². The molecule has 7 heteroatoms. The Morgan fingerprint density at radius 1 is 0.386 bits per heavy atom. The molecule has 0 aliphatic carbocycles. The van der Waals surface area contributed by atoms with Crippen molar-refractivity contribution in [2.45, 2.75) is 24.2 Å². The maximum Gasteiger partial charge on any atom is 0.260 e. The molecule has 276 valence electrons. The van der Waals surface area contributed by atoms with Gasteiger partial charge >= 0.3 is 0 Å². The molecule has 0 aromatic heterocycles. The van der Waals surface area contributed by atoms with Crippen LogP contribution in [0.2, 0.25) is 0 Å². The van der Waals surface area contributed by atoms with Gasteiger partial charge in [-0.15, -0.1) is 0 Å². The summed E-state index contributed by atoms with van der Waals surface area (Å²) in [4.78, 5) is 44.4. The van der Waals surface area contributed by atoms with E-state index in [4.69, 9.17) is 9.98 Å². The number of hydrogen-bond acceptors (Lipinski definition) is 4. The van der Waals surface area contributed by atoms with Crippen LogP contribution in [0, 0.1) is 0 Å². The minimum atomic E-state index is -0.434. The zero-order valence-corrected chi connectivity index (χ0v) is 32.4. The van der Waals surface area contributed by atoms with E-state index in [1.807, 2.05) is 161 Å². The summed E-state index contributed by atoms with van der Waals surface area (Å²) in [7, 11) is 0. The summed E-state index contributed by atoms with van der Waals surface area (Å²) in [6, 6.07) is 63.5. The maximum atomic E-state index is 14.9. The second kappa shape index (κ2) is 15.8. The normalized spacial score (nSPS) is 18.9. The average Bonchev–Trinajstić information content (AvgIpc) is 3.88. The highest BCUT2D eigenvalue weighted by Crippen LogP contribution is 2.47. The third-order valence-electron chi connectivity index (χ3n) is 10.7. The highest BCUT2D eigenvalue weighted by molar-refractivity contribution is 9.10. The molecule has 2 amide bonds. The lowest BCUT2D eigenvalue weighted by Crippen LogP contribution is -2.39. The van der Waals surface area contributed by atoms with E-state index < -0.39 is 24.2 Å². The van der Waals surface area contributed by atoms with E-state index in [9.17, 15) is 9.59 Å². The van der Waals surface area contributed by atoms with E-state index >= 15 is 0 Å². The quantitative estimate of drug-likeness (QED) is 0.154. The molecule has 0 fully saturated rings. The van der Waals surface area contributed by atoms with Crippen LogP contribution in [0.5, 0.6) is 0 Å². The Bertz CT molecular complexity index is 2410. The van der Waals surface area contributed by atoms with Crippen molar-refractivity contribution in [2.24, 2.45) is 9.98 Å². The topological polar surface area (TPSA) is 65.3 Å². The molecule has 0 bridgehead atoms. The lowest BCUT2D eigenvalue weighted by atomic mass is 9.93. The predicted molar refractivity (Wildman–Crippen MR) is 229 cm³/mol. The minimum absolute atomic E-state index is 0.161. The number of aliphatic imine (C=N–C) groups is 2. The van der Waals surface area contributed by atoms with Crippen LogP contribution in [0.3, 0.4) is 0 Å². The second-order valence-electron chi connectivity index (χ2n) is 14.1. The molecule has 4 atom stereocenters. The Morgan fingerprint density at radius 3 is 1.02 bits per heavy atom. The summed E-state index contributed by atoms with van der Waals surface area (Å²) >= 11 is 4.03. The summed E-state index contributed by atoms with van der Waals surface area (Å²) in [6.07, 6.45) is 0. The summed E-state index contributed by atoms with van der Waals surface area (Å²) in [5.74, 6) is 0.732. The van der Waals surface area contributed by atoms with Gasteiger partial charge in [0.25, 0.3) is 11.8 Å². The molecular formula is C50H37BrN4O2. The van der Waals surface area contributed by atoms with E-state index in [1.54, 1.807) is 0 Å². The summed E-state index contributed by atoms with van der Waals surface area (Å²) in [5, 5.41) is 0. The molecule has 0 radical (unpaired) electrons. The van der Waals surface area contributed by atoms with Crippen LogP contribution in [0.25, 0.3) is 0 Å².